The number of aliphatic hydroxyl groups is 1. The van der Waals surface area contributed by atoms with E-state index in [4.69, 9.17) is 29.9 Å². The van der Waals surface area contributed by atoms with E-state index in [1.165, 1.54) is 86.2 Å². The summed E-state index contributed by atoms with van der Waals surface area (Å²) in [7, 11) is 0. The van der Waals surface area contributed by atoms with Gasteiger partial charge in [0, 0.05) is 188 Å². The molecule has 1 saturated carbocycles. The van der Waals surface area contributed by atoms with Crippen molar-refractivity contribution in [3.8, 4) is 0 Å². The Balaban J connectivity index is 0.000000359. The molecule has 2 unspecified atom stereocenters. The molecule has 0 bridgehead atoms. The van der Waals surface area contributed by atoms with Gasteiger partial charge in [-0.2, -0.15) is 15.3 Å². The quantitative estimate of drug-likeness (QED) is 0.0251. The molecule has 6 aromatic heterocycles. The third kappa shape index (κ3) is 21.0. The molecule has 5 aliphatic heterocycles. The topological polar surface area (TPSA) is 323 Å². The molecule has 10 N–H and O–H groups in total. The van der Waals surface area contributed by atoms with Crippen molar-refractivity contribution in [2.45, 2.75) is 187 Å². The van der Waals surface area contributed by atoms with E-state index in [-0.39, 0.29) is 36.0 Å². The van der Waals surface area contributed by atoms with E-state index in [1.807, 2.05) is 138 Å². The van der Waals surface area contributed by atoms with Crippen LogP contribution in [-0.2, 0) is 14.4 Å². The van der Waals surface area contributed by atoms with Gasteiger partial charge in [-0.25, -0.2) is 29.9 Å². The van der Waals surface area contributed by atoms with Gasteiger partial charge in [0.05, 0.1) is 5.60 Å². The number of anilines is 12. The first-order valence-corrected chi connectivity index (χ1v) is 40.7. The minimum Gasteiger partial charge on any atom is -0.389 e. The number of fused-ring (bicyclic) bond motifs is 1. The molecule has 0 spiro atoms. The Morgan fingerprint density at radius 1 is 0.505 bits per heavy atom. The van der Waals surface area contributed by atoms with Crippen molar-refractivity contribution in [3.63, 3.8) is 0 Å². The molecule has 109 heavy (non-hydrogen) atoms. The SMILES string of the molecule is CCC(=O)Nc1ccc(Sc2nc(Nc3cc(C)[nH]n3)cc(N3CC4CN(C(C)C)CC4C3)n2)cc1.CCC(=O)Nc1ccc(Sc2nc(Nc3cc(C)[nH]n3)cc(N3CCC(O)(C(C)(C)C)CC3)n2)cc1.CCC(=O)Nc1ccc(Sc2nc(Nc3cc(C4CC4)[nH]n3)cc(N3CC[C@H](N4CCCC4)C3)n2)cc1.[HH].[HH].[HH].[HH].[HH].[HH].[HH].[HH].[HH]. The van der Waals surface area contributed by atoms with E-state index in [0.717, 1.165) is 123 Å². The summed E-state index contributed by atoms with van der Waals surface area (Å²) in [5.41, 5.74) is 4.59. The average molecular weight is 1550 g/mol. The summed E-state index contributed by atoms with van der Waals surface area (Å²) in [6.07, 6.45) is 8.96. The zero-order chi connectivity index (χ0) is 76.3. The summed E-state index contributed by atoms with van der Waals surface area (Å²) in [4.78, 5) is 79.3. The molecular formula is C79H121N23O4S3. The number of hydrogen-bond acceptors (Lipinski definition) is 24. The van der Waals surface area contributed by atoms with Crippen LogP contribution in [-0.4, -0.2) is 176 Å². The van der Waals surface area contributed by atoms with Gasteiger partial charge in [0.2, 0.25) is 17.7 Å². The molecule has 6 aliphatic rings. The van der Waals surface area contributed by atoms with Crippen LogP contribution in [0.15, 0.2) is 139 Å². The van der Waals surface area contributed by atoms with Crippen molar-refractivity contribution < 1.29 is 32.3 Å². The number of aryl methyl sites for hydroxylation is 2. The van der Waals surface area contributed by atoms with E-state index in [0.29, 0.717) is 102 Å². The fraction of sp³-hybridized carbons (Fsp3) is 0.468. The Morgan fingerprint density at radius 2 is 0.908 bits per heavy atom. The van der Waals surface area contributed by atoms with Crippen LogP contribution in [0.25, 0.3) is 0 Å². The highest BCUT2D eigenvalue weighted by Gasteiger charge is 2.44. The number of benzene rings is 3. The van der Waals surface area contributed by atoms with Gasteiger partial charge in [0.25, 0.3) is 0 Å². The van der Waals surface area contributed by atoms with Crippen molar-refractivity contribution >= 4 is 122 Å². The molecule has 15 rings (SSSR count). The largest absolute Gasteiger partial charge is 0.389 e. The van der Waals surface area contributed by atoms with Crippen LogP contribution < -0.4 is 46.6 Å². The summed E-state index contributed by atoms with van der Waals surface area (Å²) in [5.74, 6) is 8.99. The second-order valence-electron chi connectivity index (χ2n) is 30.4. The third-order valence-electron chi connectivity index (χ3n) is 20.9. The lowest BCUT2D eigenvalue weighted by Gasteiger charge is -2.46. The van der Waals surface area contributed by atoms with Crippen LogP contribution in [0.5, 0.6) is 0 Å². The highest BCUT2D eigenvalue weighted by atomic mass is 32.2. The van der Waals surface area contributed by atoms with Gasteiger partial charge in [0.15, 0.2) is 32.9 Å². The van der Waals surface area contributed by atoms with Crippen LogP contribution in [0, 0.1) is 31.1 Å². The molecule has 11 heterocycles. The molecule has 3 amide bonds. The Bertz CT molecular complexity index is 4580. The van der Waals surface area contributed by atoms with Crippen molar-refractivity contribution in [3.05, 3.63) is 126 Å². The average Bonchev–Trinajstić information content (AvgIpc) is 1.37. The number of amides is 3. The first-order valence-electron chi connectivity index (χ1n) is 38.3. The molecule has 594 valence electrons. The molecule has 3 aromatic carbocycles. The highest BCUT2D eigenvalue weighted by Crippen LogP contribution is 2.43. The Labute approximate surface area is 664 Å². The van der Waals surface area contributed by atoms with Crippen molar-refractivity contribution in [1.82, 2.24) is 70.3 Å². The number of H-pyrrole nitrogens is 3. The number of carbonyl (C=O) groups excluding carboxylic acids is 3. The molecule has 1 aliphatic carbocycles. The molecule has 27 nitrogen and oxygen atoms in total. The maximum Gasteiger partial charge on any atom is 0.224 e. The second-order valence-corrected chi connectivity index (χ2v) is 33.5. The second kappa shape index (κ2) is 35.1. The molecule has 9 aromatic rings. The maximum absolute atomic E-state index is 11.7. The van der Waals surface area contributed by atoms with Gasteiger partial charge >= 0.3 is 0 Å². The Kier molecular flexibility index (Phi) is 25.1. The van der Waals surface area contributed by atoms with Gasteiger partial charge in [0.1, 0.15) is 34.9 Å². The minimum absolute atomic E-state index is 0. The van der Waals surface area contributed by atoms with Gasteiger partial charge in [-0.15, -0.1) is 0 Å². The molecule has 6 fully saturated rings. The summed E-state index contributed by atoms with van der Waals surface area (Å²) >= 11 is 4.49. The fourth-order valence-corrected chi connectivity index (χ4v) is 16.4. The summed E-state index contributed by atoms with van der Waals surface area (Å²) < 4.78 is 0. The van der Waals surface area contributed by atoms with Crippen LogP contribution in [0.1, 0.15) is 155 Å². The smallest absolute Gasteiger partial charge is 0.224 e. The lowest BCUT2D eigenvalue weighted by molar-refractivity contribution is -0.116. The standard InChI is InChI=1S/C27H34N8OS.C26H34N8OS.C26H35N7O2S.9H2/c1-2-26(36)28-19-7-9-21(10-8-19)37-27-30-23(29-24-15-22(32-33-24)18-5-6-18)16-25(31-27)35-14-11-20(17-35)34-12-3-4-13-34;1-5-25(35)27-20-6-8-21(9-7-20)36-26-29-22(28-23-10-17(4)31-32-23)11-24(30-26)34-14-18-12-33(16(2)3)13-19(18)15-34;1-6-23(34)27-18-7-9-19(10-8-18)36-24-29-20(28-21-15-17(2)31-32-21)16-22(30-24)33-13-11-26(35,12-14-33)25(3,4)5;;;;;;;;;/h7-10,15-16,18,20H,2-6,11-14,17H2,1H3,(H,28,36)(H2,29,30,31,32,33);6-11,16,18-19H,5,12-15H2,1-4H3,(H,27,35)(H2,28,29,30,31,32);7-10,15-16,35H,6,11-14H2,1-5H3,(H,27,34)(H2,28,29,30,31,32);9*1H/t20-;;;;;;;;;;;/m0.........../s1. The number of hydrogen-bond donors (Lipinski definition) is 10. The van der Waals surface area contributed by atoms with E-state index in [9.17, 15) is 19.5 Å². The number of rotatable bonds is 24. The fourth-order valence-electron chi connectivity index (χ4n) is 14.1. The van der Waals surface area contributed by atoms with Gasteiger partial charge in [-0.1, -0.05) is 41.5 Å². The first-order chi connectivity index (χ1) is 52.5. The predicted molar refractivity (Wildman–Crippen MR) is 454 cm³/mol. The molecule has 0 radical (unpaired) electrons. The number of aromatic nitrogens is 12. The molecule has 3 atom stereocenters. The normalized spacial score (nSPS) is 18.4. The predicted octanol–water partition coefficient (Wildman–Crippen LogP) is 16.9. The number of likely N-dealkylation sites (tertiary alicyclic amines) is 2. The van der Waals surface area contributed by atoms with Crippen LogP contribution in [0.4, 0.5) is 69.4 Å². The lowest BCUT2D eigenvalue weighted by Crippen LogP contribution is -2.52. The van der Waals surface area contributed by atoms with Gasteiger partial charge in [-0.3, -0.25) is 34.6 Å². The highest BCUT2D eigenvalue weighted by molar-refractivity contribution is 7.99. The van der Waals surface area contributed by atoms with Crippen molar-refractivity contribution in [2.24, 2.45) is 17.3 Å². The van der Waals surface area contributed by atoms with E-state index in [2.05, 4.69) is 128 Å². The minimum atomic E-state index is -0.698. The molecule has 5 saturated heterocycles. The lowest BCUT2D eigenvalue weighted by atomic mass is 9.71. The van der Waals surface area contributed by atoms with Crippen LogP contribution in [0.2, 0.25) is 0 Å². The van der Waals surface area contributed by atoms with Gasteiger partial charge < -0.3 is 56.6 Å². The number of carbonyl (C=O) groups is 3. The number of aromatic amines is 3. The monoisotopic (exact) mass is 1550 g/mol. The number of nitrogens with one attached hydrogen (secondary N) is 9. The zero-order valence-electron chi connectivity index (χ0n) is 64.1. The van der Waals surface area contributed by atoms with E-state index < -0.39 is 5.60 Å². The van der Waals surface area contributed by atoms with Crippen molar-refractivity contribution in [2.75, 3.05) is 112 Å². The Hall–Kier alpha value is -9.33. The van der Waals surface area contributed by atoms with E-state index >= 15 is 0 Å². The van der Waals surface area contributed by atoms with E-state index in [1.54, 1.807) is 0 Å². The zero-order valence-corrected chi connectivity index (χ0v) is 66.5. The first kappa shape index (κ1) is 77.8. The van der Waals surface area contributed by atoms with Crippen LogP contribution >= 0.6 is 35.3 Å². The third-order valence-corrected chi connectivity index (χ3v) is 23.5. The number of nitrogens with zero attached hydrogens (tertiary/aromatic N) is 14. The maximum atomic E-state index is 11.7. The van der Waals surface area contributed by atoms with Crippen LogP contribution in [0.3, 0.4) is 0 Å². The summed E-state index contributed by atoms with van der Waals surface area (Å²) in [5, 5.41) is 53.9. The Morgan fingerprint density at radius 3 is 1.29 bits per heavy atom. The molecular weight excluding hydrogens is 1430 g/mol. The van der Waals surface area contributed by atoms with Gasteiger partial charge in [-0.05, 0) is 211 Å². The summed E-state index contributed by atoms with van der Waals surface area (Å²) in [6, 6.07) is 36.4. The molecule has 30 heteroatoms. The summed E-state index contributed by atoms with van der Waals surface area (Å²) in [6.45, 7) is 30.5. The van der Waals surface area contributed by atoms with Crippen molar-refractivity contribution in [1.29, 1.82) is 0 Å². The number of piperidine rings is 1.